The lowest BCUT2D eigenvalue weighted by molar-refractivity contribution is 0.666. The van der Waals surface area contributed by atoms with Gasteiger partial charge in [-0.3, -0.25) is 0 Å². The summed E-state index contributed by atoms with van der Waals surface area (Å²) in [6, 6.07) is 26.6. The Morgan fingerprint density at radius 2 is 1.18 bits per heavy atom. The third-order valence-electron chi connectivity index (χ3n) is 6.67. The van der Waals surface area contributed by atoms with E-state index in [1.807, 2.05) is 79.7 Å². The molecule has 6 aromatic carbocycles. The minimum absolute atomic E-state index is 0.206. The molecule has 0 saturated heterocycles. The highest BCUT2D eigenvalue weighted by atomic mass is 16.3. The van der Waals surface area contributed by atoms with Crippen molar-refractivity contribution in [2.45, 2.75) is 6.92 Å². The second kappa shape index (κ2) is 7.33. The Balaban J connectivity index is 1.71. The van der Waals surface area contributed by atoms with Gasteiger partial charge in [-0.25, -0.2) is 0 Å². The van der Waals surface area contributed by atoms with Crippen LogP contribution < -0.4 is 0 Å². The van der Waals surface area contributed by atoms with Gasteiger partial charge in [0.2, 0.25) is 0 Å². The maximum Gasteiger partial charge on any atom is 0.138 e. The lowest BCUT2D eigenvalue weighted by Crippen LogP contribution is -1.91. The number of hydrogen-bond acceptors (Lipinski definition) is 1. The van der Waals surface area contributed by atoms with Gasteiger partial charge in [0.15, 0.2) is 0 Å². The van der Waals surface area contributed by atoms with Gasteiger partial charge in [0.05, 0.1) is 6.85 Å². The van der Waals surface area contributed by atoms with Crippen LogP contribution in [0.15, 0.2) is 120 Å². The van der Waals surface area contributed by atoms with E-state index in [1.54, 1.807) is 0 Å². The average Bonchev–Trinajstić information content (AvgIpc) is 3.35. The molecule has 0 aliphatic heterocycles. The lowest BCUT2D eigenvalue weighted by atomic mass is 9.85. The number of rotatable bonds is 2. The van der Waals surface area contributed by atoms with Crippen LogP contribution in [0, 0.1) is 6.92 Å². The van der Waals surface area contributed by atoms with Crippen molar-refractivity contribution in [1.82, 2.24) is 0 Å². The first-order chi connectivity index (χ1) is 18.9. The molecule has 0 saturated carbocycles. The number of hydrogen-bond donors (Lipinski definition) is 0. The van der Waals surface area contributed by atoms with E-state index in [-0.39, 0.29) is 29.7 Å². The van der Waals surface area contributed by atoms with Crippen molar-refractivity contribution in [3.63, 3.8) is 0 Å². The molecule has 0 N–H and O–H groups in total. The Labute approximate surface area is 204 Å². The van der Waals surface area contributed by atoms with Crippen molar-refractivity contribution in [1.29, 1.82) is 0 Å². The van der Waals surface area contributed by atoms with Gasteiger partial charge in [0.1, 0.15) is 11.2 Å². The van der Waals surface area contributed by atoms with Crippen molar-refractivity contribution in [3.05, 3.63) is 121 Å². The smallest absolute Gasteiger partial charge is 0.138 e. The largest absolute Gasteiger partial charge is 0.456 e. The van der Waals surface area contributed by atoms with Gasteiger partial charge < -0.3 is 4.42 Å². The maximum absolute atomic E-state index is 8.75. The van der Waals surface area contributed by atoms with Crippen molar-refractivity contribution < 1.29 is 11.3 Å². The zero-order valence-corrected chi connectivity index (χ0v) is 18.5. The van der Waals surface area contributed by atoms with Crippen molar-refractivity contribution >= 4 is 43.5 Å². The van der Waals surface area contributed by atoms with E-state index < -0.39 is 6.04 Å². The molecule has 1 heterocycles. The highest BCUT2D eigenvalue weighted by Gasteiger charge is 2.20. The van der Waals surface area contributed by atoms with Gasteiger partial charge in [0, 0.05) is 10.8 Å². The van der Waals surface area contributed by atoms with Crippen LogP contribution in [0.5, 0.6) is 0 Å². The summed E-state index contributed by atoms with van der Waals surface area (Å²) in [5, 5.41) is 5.60. The van der Waals surface area contributed by atoms with Crippen LogP contribution >= 0.6 is 0 Å². The van der Waals surface area contributed by atoms with Crippen LogP contribution in [0.4, 0.5) is 0 Å². The number of fused-ring (bicyclic) bond motifs is 5. The highest BCUT2D eigenvalue weighted by Crippen LogP contribution is 2.46. The average molecular weight is 440 g/mol. The molecule has 0 amide bonds. The first-order valence-corrected chi connectivity index (χ1v) is 11.3. The molecule has 0 atom stereocenters. The summed E-state index contributed by atoms with van der Waals surface area (Å²) < 4.78 is 48.6. The van der Waals surface area contributed by atoms with Crippen LogP contribution in [0.1, 0.15) is 12.4 Å². The fraction of sp³-hybridized carbons (Fsp3) is 0.0303. The molecular formula is C33H22O. The molecule has 0 bridgehead atoms. The van der Waals surface area contributed by atoms with Crippen molar-refractivity contribution in [3.8, 4) is 22.3 Å². The SMILES string of the molecule is [2H]c1c([2H])c([2H])c(-c2c3ccccc3c(-c3cccc4oc5c(C)cccc5c34)c3ccccc23)c([2H])c1[2H]. The molecule has 0 unspecified atom stereocenters. The third kappa shape index (κ3) is 2.67. The number of para-hydroxylation sites is 1. The molecule has 0 radical (unpaired) electrons. The number of furan rings is 1. The molecule has 34 heavy (non-hydrogen) atoms. The first-order valence-electron chi connectivity index (χ1n) is 13.8. The second-order valence-corrected chi connectivity index (χ2v) is 8.57. The van der Waals surface area contributed by atoms with E-state index in [4.69, 9.17) is 11.3 Å². The summed E-state index contributed by atoms with van der Waals surface area (Å²) in [7, 11) is 0. The summed E-state index contributed by atoms with van der Waals surface area (Å²) >= 11 is 0. The number of aryl methyl sites for hydroxylation is 1. The van der Waals surface area contributed by atoms with E-state index in [2.05, 4.69) is 12.1 Å². The Morgan fingerprint density at radius 1 is 0.588 bits per heavy atom. The molecular weight excluding hydrogens is 412 g/mol. The Hall–Kier alpha value is -4.36. The Kier molecular flexibility index (Phi) is 3.17. The van der Waals surface area contributed by atoms with Crippen LogP contribution in [0.3, 0.4) is 0 Å². The van der Waals surface area contributed by atoms with Gasteiger partial charge in [0.25, 0.3) is 0 Å². The van der Waals surface area contributed by atoms with E-state index in [9.17, 15) is 0 Å². The van der Waals surface area contributed by atoms with E-state index in [1.165, 1.54) is 0 Å². The Morgan fingerprint density at radius 3 is 1.85 bits per heavy atom. The molecule has 0 spiro atoms. The first kappa shape index (κ1) is 14.7. The topological polar surface area (TPSA) is 13.1 Å². The standard InChI is InChI=1S/C33H22O/c1-21-11-9-19-28-32-27(18-10-20-29(32)34-33(21)28)31-25-16-7-5-14-23(25)30(22-12-3-2-4-13-22)24-15-6-8-17-26(24)31/h2-20H,1H3/i2D,3D,4D,12D,13D. The van der Waals surface area contributed by atoms with Gasteiger partial charge in [-0.15, -0.1) is 0 Å². The summed E-state index contributed by atoms with van der Waals surface area (Å²) in [6.45, 7) is 2.05. The van der Waals surface area contributed by atoms with Crippen LogP contribution in [0.2, 0.25) is 0 Å². The van der Waals surface area contributed by atoms with Crippen LogP contribution in [0.25, 0.3) is 65.7 Å². The zero-order valence-electron chi connectivity index (χ0n) is 23.5. The van der Waals surface area contributed by atoms with Gasteiger partial charge in [-0.1, -0.05) is 109 Å². The predicted octanol–water partition coefficient (Wildman–Crippen LogP) is 9.53. The summed E-state index contributed by atoms with van der Waals surface area (Å²) in [6.07, 6.45) is 0. The normalized spacial score (nSPS) is 13.7. The predicted molar refractivity (Wildman–Crippen MR) is 144 cm³/mol. The molecule has 1 aromatic heterocycles. The summed E-state index contributed by atoms with van der Waals surface area (Å²) in [4.78, 5) is 0. The van der Waals surface area contributed by atoms with Crippen molar-refractivity contribution in [2.24, 2.45) is 0 Å². The molecule has 0 aliphatic rings. The van der Waals surface area contributed by atoms with Gasteiger partial charge in [-0.05, 0) is 62.4 Å². The Bertz CT molecular complexity index is 2060. The minimum atomic E-state index is -0.396. The second-order valence-electron chi connectivity index (χ2n) is 8.57. The zero-order chi connectivity index (χ0) is 27.0. The minimum Gasteiger partial charge on any atom is -0.456 e. The van der Waals surface area contributed by atoms with E-state index in [0.717, 1.165) is 60.2 Å². The van der Waals surface area contributed by atoms with Crippen LogP contribution in [-0.4, -0.2) is 0 Å². The maximum atomic E-state index is 8.75. The van der Waals surface area contributed by atoms with Gasteiger partial charge >= 0.3 is 0 Å². The molecule has 160 valence electrons. The molecule has 1 nitrogen and oxygen atoms in total. The van der Waals surface area contributed by atoms with Gasteiger partial charge in [-0.2, -0.15) is 0 Å². The fourth-order valence-electron chi connectivity index (χ4n) is 5.26. The fourth-order valence-corrected chi connectivity index (χ4v) is 5.26. The van der Waals surface area contributed by atoms with E-state index in [0.29, 0.717) is 5.56 Å². The van der Waals surface area contributed by atoms with E-state index >= 15 is 0 Å². The summed E-state index contributed by atoms with van der Waals surface area (Å²) in [5.74, 6) is 0. The monoisotopic (exact) mass is 439 g/mol. The molecule has 7 rings (SSSR count). The van der Waals surface area contributed by atoms with Crippen LogP contribution in [-0.2, 0) is 0 Å². The van der Waals surface area contributed by atoms with Crippen molar-refractivity contribution in [2.75, 3.05) is 0 Å². The quantitative estimate of drug-likeness (QED) is 0.244. The summed E-state index contributed by atoms with van der Waals surface area (Å²) in [5.41, 5.74) is 5.64. The number of benzene rings is 6. The molecule has 0 fully saturated rings. The molecule has 1 heteroatoms. The third-order valence-corrected chi connectivity index (χ3v) is 6.67. The molecule has 7 aromatic rings. The molecule has 0 aliphatic carbocycles. The lowest BCUT2D eigenvalue weighted by Gasteiger charge is -2.18. The highest BCUT2D eigenvalue weighted by molar-refractivity contribution is 6.25.